The first-order chi connectivity index (χ1) is 65.1. The molecule has 0 atom stereocenters. The summed E-state index contributed by atoms with van der Waals surface area (Å²) in [7, 11) is 16.9. The molecule has 10 heterocycles. The molecule has 1 saturated heterocycles. The van der Waals surface area contributed by atoms with Gasteiger partial charge in [-0.15, -0.1) is 4.68 Å². The van der Waals surface area contributed by atoms with Gasteiger partial charge in [-0.1, -0.05) is 19.8 Å². The van der Waals surface area contributed by atoms with Crippen LogP contribution in [0.3, 0.4) is 0 Å². The molecule has 1 saturated carbocycles. The molecule has 69 nitrogen and oxygen atoms in total. The van der Waals surface area contributed by atoms with Crippen molar-refractivity contribution in [1.29, 1.82) is 0 Å². The predicted molar refractivity (Wildman–Crippen MR) is 455 cm³/mol. The Kier molecular flexibility index (Phi) is 48.0. The summed E-state index contributed by atoms with van der Waals surface area (Å²) in [5.41, 5.74) is 0.383. The first-order valence-corrected chi connectivity index (χ1v) is 38.2. The van der Waals surface area contributed by atoms with Crippen molar-refractivity contribution in [3.8, 4) is 0 Å². The van der Waals surface area contributed by atoms with E-state index in [2.05, 4.69) is 142 Å². The lowest BCUT2D eigenvalue weighted by molar-refractivity contribution is -0.135. The van der Waals surface area contributed by atoms with E-state index in [-0.39, 0.29) is 36.5 Å². The molecule has 1 aliphatic carbocycles. The number of aryl methyl sites for hydroxylation is 2. The smallest absolute Gasteiger partial charge is 0.376 e. The van der Waals surface area contributed by atoms with Crippen molar-refractivity contribution < 1.29 is 105 Å². The molecule has 69 heteroatoms. The highest BCUT2D eigenvalue weighted by Crippen LogP contribution is 2.28. The molecule has 0 bridgehead atoms. The molecule has 742 valence electrons. The van der Waals surface area contributed by atoms with Crippen LogP contribution in [-0.2, 0) is 133 Å². The number of esters is 9. The fourth-order valence-electron chi connectivity index (χ4n) is 8.77. The van der Waals surface area contributed by atoms with Crippen molar-refractivity contribution in [2.75, 3.05) is 98.4 Å². The number of nitrogens with two attached hydrogens (primary N) is 1. The highest BCUT2D eigenvalue weighted by atomic mass is 16.6. The predicted octanol–water partition coefficient (Wildman–Crippen LogP) is -9.81. The quantitative estimate of drug-likeness (QED) is 0.0209. The van der Waals surface area contributed by atoms with Crippen LogP contribution < -0.4 is 56.9 Å². The molecule has 0 aromatic carbocycles. The van der Waals surface area contributed by atoms with Crippen LogP contribution in [0.2, 0.25) is 0 Å². The molecule has 0 unspecified atom stereocenters. The van der Waals surface area contributed by atoms with Crippen LogP contribution in [0, 0.1) is 5.41 Å². The number of primary amides is 1. The number of rotatable bonds is 27. The van der Waals surface area contributed by atoms with Gasteiger partial charge in [0.15, 0.2) is 0 Å². The van der Waals surface area contributed by atoms with Gasteiger partial charge in [0.2, 0.25) is 5.91 Å². The molecular formula is C68H94N38O31. The number of aromatic amines is 1. The Morgan fingerprint density at radius 3 is 1.06 bits per heavy atom. The molecule has 137 heavy (non-hydrogen) atoms. The number of carbonyl (C=O) groups excluding carboxylic acids is 11. The summed E-state index contributed by atoms with van der Waals surface area (Å²) >= 11 is 0. The molecule has 2 aliphatic rings. The third kappa shape index (κ3) is 37.9. The van der Waals surface area contributed by atoms with Crippen LogP contribution in [0.25, 0.3) is 55.8 Å². The third-order valence-corrected chi connectivity index (χ3v) is 15.7. The number of carbonyl (C=O) groups is 11. The molecule has 2 amide bonds. The van der Waals surface area contributed by atoms with Gasteiger partial charge in [0.05, 0.1) is 95.8 Å². The standard InChI is InChI=1S/C10H14N4O4.C10H14N4O3.C8H11N5O4.C8H12N4O3.C7H9N5O4.C7H10N4O4.C7H10N4O3.C6H8N4O3.C5H6N4O3/c1-10(6-18-7-10)5-14-9(16)13(11-12-14)4-3-8(15)17-2;1-17-9(15)6-7-13-10(16)14(12-11-13)8-4-2-3-5-8;1-11(2)7(15)13-8(16)12(9-10-13)5-4-6(14)17-3;1-6(2)12-8(14)11(9-10-12)5-4-7(13)15-3;1-16-6(14)2-3-11-7(15)12(10-9-11)4-5(8)13;1-14-5-11-7(13)10(8-9-11)4-3-6(12)15-2;1-3-10-7(13)11(9-8-10)5-4-6(12)14-2;1-9-6(12)10(8-7-9)4-3-5(11)13-2;1-12-4(10)2-3-9-5(11)6-7-8-9/h3-4H,5-7H2,1-2H3;6-8H,2-5H2,1H3;4-5H,1-3H3;4-6H,1-3H3;2-3H,4H2,1H3,(H2,8,13);3-4H,5H2,1-2H3;4-5H,3H2,1-2H3;3-4H,1-2H3;2-3H,1H3,(H,6,8,11)/b4-3+;7-6+;2*5-4+;3-2+;4-3+;5-4+;4-3+;3-2+. The van der Waals surface area contributed by atoms with Crippen LogP contribution in [0.15, 0.2) is 97.8 Å². The highest BCUT2D eigenvalue weighted by molar-refractivity contribution is 5.88. The minimum absolute atomic E-state index is 0.00486. The van der Waals surface area contributed by atoms with Crippen LogP contribution in [0.5, 0.6) is 0 Å². The summed E-state index contributed by atoms with van der Waals surface area (Å²) in [5.74, 6) is -5.91. The topological polar surface area (TPSA) is 804 Å². The summed E-state index contributed by atoms with van der Waals surface area (Å²) in [4.78, 5) is 222. The summed E-state index contributed by atoms with van der Waals surface area (Å²) in [6.07, 6.45) is 24.3. The highest BCUT2D eigenvalue weighted by Gasteiger charge is 2.35. The summed E-state index contributed by atoms with van der Waals surface area (Å²) in [5, 5.41) is 65.1. The molecular weight excluding hydrogens is 1840 g/mol. The Morgan fingerprint density at radius 1 is 0.409 bits per heavy atom. The number of H-pyrrole nitrogens is 1. The van der Waals surface area contributed by atoms with Crippen molar-refractivity contribution >= 4 is 121 Å². The van der Waals surface area contributed by atoms with Crippen LogP contribution in [-0.4, -0.2) is 347 Å². The zero-order valence-corrected chi connectivity index (χ0v) is 76.0. The Labute approximate surface area is 764 Å². The normalized spacial score (nSPS) is 12.4. The number of tetrazole rings is 9. The second-order valence-electron chi connectivity index (χ2n) is 26.1. The lowest BCUT2D eigenvalue weighted by Crippen LogP contribution is -2.45. The van der Waals surface area contributed by atoms with Crippen molar-refractivity contribution in [2.24, 2.45) is 18.2 Å². The summed E-state index contributed by atoms with van der Waals surface area (Å²) in [6.45, 7) is 9.11. The zero-order valence-electron chi connectivity index (χ0n) is 76.0. The van der Waals surface area contributed by atoms with Crippen molar-refractivity contribution in [3.63, 3.8) is 0 Å². The fourth-order valence-corrected chi connectivity index (χ4v) is 8.77. The molecule has 3 N–H and O–H groups in total. The monoisotopic (exact) mass is 1940 g/mol. The first-order valence-electron chi connectivity index (χ1n) is 38.2. The second-order valence-corrected chi connectivity index (χ2v) is 26.1. The lowest BCUT2D eigenvalue weighted by atomic mass is 9.89. The number of methoxy groups -OCH3 is 10. The van der Waals surface area contributed by atoms with Gasteiger partial charge in [0.1, 0.15) is 13.3 Å². The second kappa shape index (κ2) is 58.3. The molecule has 9 aromatic heterocycles. The van der Waals surface area contributed by atoms with Crippen LogP contribution in [0.1, 0.15) is 65.5 Å². The maximum Gasteiger partial charge on any atom is 0.376 e. The van der Waals surface area contributed by atoms with Crippen molar-refractivity contribution in [2.45, 2.75) is 91.8 Å². The zero-order chi connectivity index (χ0) is 103. The van der Waals surface area contributed by atoms with E-state index >= 15 is 0 Å². The Morgan fingerprint density at radius 2 is 0.730 bits per heavy atom. The lowest BCUT2D eigenvalue weighted by Gasteiger charge is -2.37. The van der Waals surface area contributed by atoms with E-state index in [0.29, 0.717) is 31.0 Å². The number of hydrogen-bond acceptors (Lipinski definition) is 49. The molecule has 9 aromatic rings. The van der Waals surface area contributed by atoms with Gasteiger partial charge in [-0.05, 0) is 127 Å². The Balaban J connectivity index is 0.000000398. The van der Waals surface area contributed by atoms with Gasteiger partial charge in [-0.25, -0.2) is 96.2 Å². The third-order valence-electron chi connectivity index (χ3n) is 15.7. The first kappa shape index (κ1) is 113. The van der Waals surface area contributed by atoms with Gasteiger partial charge in [-0.3, -0.25) is 4.79 Å². The van der Waals surface area contributed by atoms with Crippen LogP contribution >= 0.6 is 0 Å². The maximum absolute atomic E-state index is 11.9. The molecule has 11 rings (SSSR count). The molecule has 1 aliphatic heterocycles. The van der Waals surface area contributed by atoms with Gasteiger partial charge in [0.25, 0.3) is 0 Å². The van der Waals surface area contributed by atoms with E-state index in [4.69, 9.17) is 15.2 Å². The van der Waals surface area contributed by atoms with Gasteiger partial charge < -0.3 is 62.7 Å². The number of ether oxygens (including phenoxy) is 11. The molecule has 0 spiro atoms. The van der Waals surface area contributed by atoms with E-state index in [0.717, 1.165) is 161 Å². The van der Waals surface area contributed by atoms with Crippen molar-refractivity contribution in [1.82, 2.24) is 183 Å². The fraction of sp³-hybridized carbons (Fsp3) is 0.441. The average molecular weight is 1940 g/mol. The number of nitrogens with zero attached hydrogens (tertiary/aromatic N) is 36. The Bertz CT molecular complexity index is 6400. The Hall–Kier alpha value is -18.4. The van der Waals surface area contributed by atoms with Gasteiger partial charge in [-0.2, -0.15) is 74.9 Å². The number of amides is 2. The number of hydrogen-bond donors (Lipinski definition) is 2. The van der Waals surface area contributed by atoms with Crippen LogP contribution in [0.4, 0.5) is 4.79 Å². The number of nitrogens with one attached hydrogen (secondary N) is 1. The van der Waals surface area contributed by atoms with Gasteiger partial charge in [0, 0.05) is 151 Å². The minimum Gasteiger partial charge on any atom is -0.466 e. The molecule has 2 fully saturated rings. The van der Waals surface area contributed by atoms with E-state index in [1.165, 1.54) is 147 Å². The summed E-state index contributed by atoms with van der Waals surface area (Å²) < 4.78 is 65.5. The van der Waals surface area contributed by atoms with E-state index in [9.17, 15) is 95.9 Å². The van der Waals surface area contributed by atoms with E-state index in [1.807, 2.05) is 20.8 Å². The van der Waals surface area contributed by atoms with Gasteiger partial charge >= 0.3 is 111 Å². The summed E-state index contributed by atoms with van der Waals surface area (Å²) in [6, 6.07) is -0.562. The largest absolute Gasteiger partial charge is 0.466 e. The average Bonchev–Trinajstić information content (AvgIpc) is 1.67. The SMILES string of the molecule is CCn1nnn(/C=C/C(=O)OC)c1=O.COC(=O)/C=C/n1nn[nH]c1=O.COC(=O)/C=C/n1nnn(C(=O)N(C)C)c1=O.COC(=O)/C=C/n1nnn(C(C)C)c1=O.COC(=O)/C=C/n1nnn(C)c1=O.COC(=O)/C=C/n1nnn(C2CCCC2)c1=O.COC(=O)/C=C/n1nnn(CC(N)=O)c1=O.COC(=O)/C=C/n1nnn(CC2(C)COC2)c1=O.COCn1nnn(/C=C/C(=O)OC)c1=O. The van der Waals surface area contributed by atoms with E-state index in [1.54, 1.807) is 6.92 Å². The molecule has 0 radical (unpaired) electrons. The van der Waals surface area contributed by atoms with Crippen molar-refractivity contribution in [3.05, 3.63) is 149 Å². The minimum atomic E-state index is -0.774. The van der Waals surface area contributed by atoms with E-state index < -0.39 is 111 Å². The number of aromatic nitrogens is 36. The maximum atomic E-state index is 11.9.